The Kier molecular flexibility index (Phi) is 8.46. The summed E-state index contributed by atoms with van der Waals surface area (Å²) < 4.78 is 78.8. The van der Waals surface area contributed by atoms with E-state index in [4.69, 9.17) is 33.0 Å². The summed E-state index contributed by atoms with van der Waals surface area (Å²) in [6.07, 6.45) is 0.738. The first-order valence-electron chi connectivity index (χ1n) is 15.6. The number of amides is 4. The van der Waals surface area contributed by atoms with Crippen LogP contribution in [0.1, 0.15) is 34.7 Å². The van der Waals surface area contributed by atoms with Gasteiger partial charge in [0, 0.05) is 5.92 Å². The minimum atomic E-state index is -2.70. The van der Waals surface area contributed by atoms with Crippen LogP contribution < -0.4 is 14.5 Å². The third kappa shape index (κ3) is 4.75. The third-order valence-electron chi connectivity index (χ3n) is 10.1. The molecule has 52 heavy (non-hydrogen) atoms. The van der Waals surface area contributed by atoms with Crippen LogP contribution >= 0.6 is 23.2 Å². The first-order chi connectivity index (χ1) is 24.6. The molecule has 2 heterocycles. The van der Waals surface area contributed by atoms with Gasteiger partial charge in [-0.3, -0.25) is 24.1 Å². The smallest absolute Gasteiger partial charge is 0.335 e. The second-order valence-electron chi connectivity index (χ2n) is 12.7. The second-order valence-corrected chi connectivity index (χ2v) is 13.9. The lowest BCUT2D eigenvalue weighted by atomic mass is 9.56. The standard InChI is InChI=1S/C35H23Cl2F5N2O8/c36-34-13-20-18(8-9-19-21(20)30(47)43(29(19)46)16-3-1-2-15(12-16)31(48)49)22(14-4-6-17(7-5-14)52-11-10-45)35(34,37)33(51)44(32(34)50)28-26(41)24(39)23(38)25(40)27(28)42/h1-8,12,19-22,45H,9-11,13H2,(H,48,49). The molecule has 2 saturated heterocycles. The van der Waals surface area contributed by atoms with Gasteiger partial charge in [-0.15, -0.1) is 23.2 Å². The number of hydrogen-bond donors (Lipinski definition) is 2. The fourth-order valence-electron chi connectivity index (χ4n) is 7.89. The number of aromatic carboxylic acids is 1. The summed E-state index contributed by atoms with van der Waals surface area (Å²) in [5.41, 5.74) is -1.76. The molecule has 0 radical (unpaired) electrons. The van der Waals surface area contributed by atoms with Crippen LogP contribution in [0.2, 0.25) is 0 Å². The van der Waals surface area contributed by atoms with E-state index in [2.05, 4.69) is 0 Å². The van der Waals surface area contributed by atoms with Gasteiger partial charge in [0.2, 0.25) is 17.6 Å². The largest absolute Gasteiger partial charge is 0.491 e. The molecule has 3 fully saturated rings. The molecule has 6 unspecified atom stereocenters. The highest BCUT2D eigenvalue weighted by Crippen LogP contribution is 2.66. The Labute approximate surface area is 300 Å². The molecule has 4 amide bonds. The molecule has 10 nitrogen and oxygen atoms in total. The molecule has 4 aliphatic rings. The summed E-state index contributed by atoms with van der Waals surface area (Å²) in [4.78, 5) is 63.5. The Morgan fingerprint density at radius 1 is 0.846 bits per heavy atom. The van der Waals surface area contributed by atoms with E-state index >= 15 is 8.78 Å². The topological polar surface area (TPSA) is 142 Å². The van der Waals surface area contributed by atoms with Gasteiger partial charge in [-0.05, 0) is 54.7 Å². The number of benzene rings is 3. The lowest BCUT2D eigenvalue weighted by molar-refractivity contribution is -0.125. The molecule has 1 saturated carbocycles. The van der Waals surface area contributed by atoms with Gasteiger partial charge in [-0.2, -0.15) is 0 Å². The Balaban J connectivity index is 1.40. The molecular weight excluding hydrogens is 742 g/mol. The quantitative estimate of drug-likeness (QED) is 0.0834. The zero-order valence-corrected chi connectivity index (χ0v) is 27.7. The normalized spacial score (nSPS) is 28.1. The summed E-state index contributed by atoms with van der Waals surface area (Å²) in [6, 6.07) is 10.7. The van der Waals surface area contributed by atoms with Crippen molar-refractivity contribution in [1.82, 2.24) is 0 Å². The molecule has 0 spiro atoms. The Bertz CT molecular complexity index is 2120. The van der Waals surface area contributed by atoms with E-state index in [1.807, 2.05) is 0 Å². The van der Waals surface area contributed by atoms with E-state index in [0.29, 0.717) is 0 Å². The van der Waals surface area contributed by atoms with Crippen molar-refractivity contribution in [2.75, 3.05) is 23.0 Å². The van der Waals surface area contributed by atoms with Gasteiger partial charge < -0.3 is 14.9 Å². The number of rotatable bonds is 7. The number of aliphatic hydroxyl groups is 1. The number of aliphatic hydroxyl groups excluding tert-OH is 1. The summed E-state index contributed by atoms with van der Waals surface area (Å²) in [6.45, 7) is -0.412. The number of carboxylic acid groups (broad SMARTS) is 1. The summed E-state index contributed by atoms with van der Waals surface area (Å²) in [7, 11) is 0. The Hall–Kier alpha value is -4.86. The number of ether oxygens (including phenoxy) is 1. The number of halogens is 7. The van der Waals surface area contributed by atoms with Crippen LogP contribution in [0.4, 0.5) is 33.3 Å². The average Bonchev–Trinajstić information content (AvgIpc) is 3.47. The van der Waals surface area contributed by atoms with E-state index in [1.54, 1.807) is 0 Å². The van der Waals surface area contributed by atoms with Crippen molar-refractivity contribution in [3.63, 3.8) is 0 Å². The molecule has 7 rings (SSSR count). The molecular formula is C35H23Cl2F5N2O8. The van der Waals surface area contributed by atoms with Crippen LogP contribution in [0, 0.1) is 46.8 Å². The number of alkyl halides is 2. The Morgan fingerprint density at radius 3 is 2.10 bits per heavy atom. The van der Waals surface area contributed by atoms with Crippen LogP contribution in [0.15, 0.2) is 60.2 Å². The van der Waals surface area contributed by atoms with Gasteiger partial charge >= 0.3 is 5.97 Å². The lowest BCUT2D eigenvalue weighted by Gasteiger charge is -2.50. The SMILES string of the molecule is O=C(O)c1cccc(N2C(=O)C3CC=C4C(CC5(Cl)C(=O)N(c6c(F)c(F)c(F)c(F)c6F)C(=O)C5(Cl)C4c4ccc(OCCO)cc4)C3C2=O)c1. The number of carbonyl (C=O) groups excluding carboxylic acids is 4. The third-order valence-corrected chi connectivity index (χ3v) is 11.6. The maximum absolute atomic E-state index is 15.2. The number of carbonyl (C=O) groups is 5. The summed E-state index contributed by atoms with van der Waals surface area (Å²) in [5, 5.41) is 18.6. The zero-order valence-electron chi connectivity index (χ0n) is 26.2. The van der Waals surface area contributed by atoms with Gasteiger partial charge in [-0.25, -0.2) is 31.6 Å². The predicted molar refractivity (Wildman–Crippen MR) is 171 cm³/mol. The number of hydrogen-bond acceptors (Lipinski definition) is 7. The highest BCUT2D eigenvalue weighted by Gasteiger charge is 2.77. The zero-order chi connectivity index (χ0) is 37.6. The fourth-order valence-corrected chi connectivity index (χ4v) is 8.83. The van der Waals surface area contributed by atoms with Gasteiger partial charge in [0.05, 0.1) is 29.7 Å². The van der Waals surface area contributed by atoms with Crippen molar-refractivity contribution in [2.45, 2.75) is 28.5 Å². The van der Waals surface area contributed by atoms with Gasteiger partial charge in [-0.1, -0.05) is 29.8 Å². The summed E-state index contributed by atoms with van der Waals surface area (Å²) >= 11 is 14.2. The molecule has 2 N–H and O–H groups in total. The summed E-state index contributed by atoms with van der Waals surface area (Å²) in [5.74, 6) is -23.2. The minimum absolute atomic E-state index is 0.0476. The first-order valence-corrected chi connectivity index (χ1v) is 16.4. The van der Waals surface area contributed by atoms with Crippen molar-refractivity contribution < 1.29 is 60.9 Å². The van der Waals surface area contributed by atoms with Gasteiger partial charge in [0.25, 0.3) is 11.8 Å². The maximum atomic E-state index is 15.2. The molecule has 6 atom stereocenters. The average molecular weight is 765 g/mol. The van der Waals surface area contributed by atoms with E-state index < -0.39 is 104 Å². The second kappa shape index (κ2) is 12.4. The van der Waals surface area contributed by atoms with Crippen LogP contribution in [0.3, 0.4) is 0 Å². The maximum Gasteiger partial charge on any atom is 0.335 e. The number of imide groups is 2. The number of carboxylic acids is 1. The van der Waals surface area contributed by atoms with Crippen molar-refractivity contribution in [2.24, 2.45) is 17.8 Å². The number of allylic oxidation sites excluding steroid dienone is 2. The van der Waals surface area contributed by atoms with Crippen molar-refractivity contribution >= 4 is 64.2 Å². The van der Waals surface area contributed by atoms with Crippen molar-refractivity contribution in [3.8, 4) is 5.75 Å². The minimum Gasteiger partial charge on any atom is -0.491 e. The van der Waals surface area contributed by atoms with E-state index in [9.17, 15) is 42.3 Å². The number of fused-ring (bicyclic) bond motifs is 4. The van der Waals surface area contributed by atoms with E-state index in [0.717, 1.165) is 11.0 Å². The fraction of sp³-hybridized carbons (Fsp3) is 0.286. The highest BCUT2D eigenvalue weighted by atomic mass is 35.5. The molecule has 270 valence electrons. The van der Waals surface area contributed by atoms with E-state index in [-0.39, 0.29) is 52.7 Å². The van der Waals surface area contributed by atoms with Crippen LogP contribution in [-0.4, -0.2) is 62.8 Å². The molecule has 0 aromatic heterocycles. The molecule has 3 aromatic rings. The number of anilines is 2. The predicted octanol–water partition coefficient (Wildman–Crippen LogP) is 5.22. The highest BCUT2D eigenvalue weighted by molar-refractivity contribution is 6.58. The molecule has 17 heteroatoms. The van der Waals surface area contributed by atoms with Gasteiger partial charge in [0.1, 0.15) is 18.0 Å². The first kappa shape index (κ1) is 35.5. The molecule has 3 aromatic carbocycles. The van der Waals surface area contributed by atoms with Crippen molar-refractivity contribution in [1.29, 1.82) is 0 Å². The molecule has 2 aliphatic heterocycles. The monoisotopic (exact) mass is 764 g/mol. The Morgan fingerprint density at radius 2 is 1.48 bits per heavy atom. The van der Waals surface area contributed by atoms with Crippen LogP contribution in [0.25, 0.3) is 0 Å². The van der Waals surface area contributed by atoms with Gasteiger partial charge in [0.15, 0.2) is 33.0 Å². The van der Waals surface area contributed by atoms with E-state index in [1.165, 1.54) is 48.5 Å². The number of nitrogens with zero attached hydrogens (tertiary/aromatic N) is 2. The van der Waals surface area contributed by atoms with Crippen molar-refractivity contribution in [3.05, 3.63) is 100 Å². The van der Waals surface area contributed by atoms with Crippen LogP contribution in [-0.2, 0) is 19.2 Å². The molecule has 0 bridgehead atoms. The van der Waals surface area contributed by atoms with Crippen LogP contribution in [0.5, 0.6) is 5.75 Å². The lowest BCUT2D eigenvalue weighted by Crippen LogP contribution is -2.60. The molecule has 2 aliphatic carbocycles.